The molecule has 0 rings (SSSR count). The Morgan fingerprint density at radius 2 is 0.762 bits per heavy atom. The van der Waals surface area contributed by atoms with E-state index in [4.69, 9.17) is 0 Å². The van der Waals surface area contributed by atoms with Crippen molar-refractivity contribution in [1.82, 2.24) is 0 Å². The lowest BCUT2D eigenvalue weighted by atomic mass is 10.0. The van der Waals surface area contributed by atoms with Gasteiger partial charge in [0.15, 0.2) is 0 Å². The van der Waals surface area contributed by atoms with Gasteiger partial charge in [-0.2, -0.15) is 0 Å². The Morgan fingerprint density at radius 1 is 0.476 bits per heavy atom. The monoisotopic (exact) mass is 380 g/mol. The van der Waals surface area contributed by atoms with Gasteiger partial charge in [0.1, 0.15) is 0 Å². The van der Waals surface area contributed by atoms with Gasteiger partial charge in [0.2, 0.25) is 0 Å². The van der Waals surface area contributed by atoms with Crippen LogP contribution in [0.3, 0.4) is 0 Å². The molecule has 0 aliphatic heterocycles. The van der Waals surface area contributed by atoms with Crippen molar-refractivity contribution < 1.29 is 17.0 Å². The molecule has 0 saturated carbocycles. The van der Waals surface area contributed by atoms with Gasteiger partial charge in [-0.25, -0.2) is 0 Å². The lowest BCUT2D eigenvalue weighted by Crippen LogP contribution is -3.00. The van der Waals surface area contributed by atoms with Crippen molar-refractivity contribution >= 4 is 7.26 Å². The first-order chi connectivity index (χ1) is 9.56. The fourth-order valence-electron chi connectivity index (χ4n) is 2.78. The highest BCUT2D eigenvalue weighted by atomic mass is 79.9. The van der Waals surface area contributed by atoms with Crippen molar-refractivity contribution in [3.8, 4) is 0 Å². The quantitative estimate of drug-likeness (QED) is 0.292. The first-order valence-corrected chi connectivity index (χ1v) is 12.7. The van der Waals surface area contributed by atoms with Gasteiger partial charge in [-0.15, -0.1) is 0 Å². The van der Waals surface area contributed by atoms with Gasteiger partial charge >= 0.3 is 0 Å². The van der Waals surface area contributed by atoms with Gasteiger partial charge < -0.3 is 17.0 Å². The van der Waals surface area contributed by atoms with Crippen LogP contribution in [0, 0.1) is 0 Å². The van der Waals surface area contributed by atoms with E-state index >= 15 is 0 Å². The summed E-state index contributed by atoms with van der Waals surface area (Å²) in [5, 5.41) is 0. The maximum Gasteiger partial charge on any atom is 0.0586 e. The third kappa shape index (κ3) is 23.3. The number of unbranched alkanes of at least 4 members (excludes halogenated alkanes) is 13. The fourth-order valence-corrected chi connectivity index (χ4v) is 3.95. The average molecular weight is 381 g/mol. The smallest absolute Gasteiger partial charge is 0.0586 e. The molecule has 0 saturated heterocycles. The Balaban J connectivity index is 0. The Hall–Kier alpha value is 0.910. The summed E-state index contributed by atoms with van der Waals surface area (Å²) >= 11 is 0. The highest BCUT2D eigenvalue weighted by molar-refractivity contribution is 7.73. The normalized spacial score (nSPS) is 11.4. The molecule has 0 atom stereocenters. The topological polar surface area (TPSA) is 0 Å². The van der Waals surface area contributed by atoms with E-state index in [9.17, 15) is 0 Å². The van der Waals surface area contributed by atoms with Crippen molar-refractivity contribution in [3.63, 3.8) is 0 Å². The average Bonchev–Trinajstić information content (AvgIpc) is 2.38. The van der Waals surface area contributed by atoms with Crippen LogP contribution in [-0.4, -0.2) is 26.2 Å². The largest absolute Gasteiger partial charge is 1.00 e. The maximum atomic E-state index is 2.47. The molecule has 130 valence electrons. The van der Waals surface area contributed by atoms with Gasteiger partial charge in [0, 0.05) is 27.3 Å². The second-order valence-electron chi connectivity index (χ2n) is 7.61. The predicted molar refractivity (Wildman–Crippen MR) is 99.9 cm³/mol. The number of hydrogen-bond donors (Lipinski definition) is 0. The van der Waals surface area contributed by atoms with Gasteiger partial charge in [0.25, 0.3) is 0 Å². The van der Waals surface area contributed by atoms with E-state index in [2.05, 4.69) is 26.9 Å². The van der Waals surface area contributed by atoms with Crippen LogP contribution >= 0.6 is 7.26 Å². The Kier molecular flexibility index (Phi) is 19.9. The summed E-state index contributed by atoms with van der Waals surface area (Å²) < 4.78 is 0. The van der Waals surface area contributed by atoms with Crippen LogP contribution in [0.15, 0.2) is 0 Å². The molecule has 0 aliphatic rings. The van der Waals surface area contributed by atoms with Crippen LogP contribution in [0.4, 0.5) is 0 Å². The van der Waals surface area contributed by atoms with E-state index in [1.165, 1.54) is 96.1 Å². The summed E-state index contributed by atoms with van der Waals surface area (Å²) in [7, 11) is -0.500. The third-order valence-corrected chi connectivity index (χ3v) is 5.84. The Bertz CT molecular complexity index is 186. The summed E-state index contributed by atoms with van der Waals surface area (Å²) in [5.74, 6) is 0. The first kappa shape index (κ1) is 24.2. The summed E-state index contributed by atoms with van der Waals surface area (Å²) in [4.78, 5) is 0. The van der Waals surface area contributed by atoms with E-state index < -0.39 is 7.26 Å². The highest BCUT2D eigenvalue weighted by Gasteiger charge is 2.15. The molecule has 2 heteroatoms. The van der Waals surface area contributed by atoms with E-state index in [1.54, 1.807) is 0 Å². The molecule has 0 spiro atoms. The fraction of sp³-hybridized carbons (Fsp3) is 1.00. The Morgan fingerprint density at radius 3 is 1.05 bits per heavy atom. The van der Waals surface area contributed by atoms with E-state index in [1.807, 2.05) is 0 Å². The van der Waals surface area contributed by atoms with E-state index in [-0.39, 0.29) is 17.0 Å². The van der Waals surface area contributed by atoms with Crippen LogP contribution in [0.5, 0.6) is 0 Å². The molecule has 0 nitrogen and oxygen atoms in total. The summed E-state index contributed by atoms with van der Waals surface area (Å²) in [5.41, 5.74) is 0. The van der Waals surface area contributed by atoms with Gasteiger partial charge in [0.05, 0.1) is 6.16 Å². The Labute approximate surface area is 147 Å². The standard InChI is InChI=1S/C19H42P.BrH/c1-5-6-7-8-9-10-11-12-13-14-15-16-17-18-19-20(2,3)4;/h5-19H2,1-4H3;1H/q+1;/p-1. The van der Waals surface area contributed by atoms with Crippen molar-refractivity contribution in [2.24, 2.45) is 0 Å². The second kappa shape index (κ2) is 17.3. The van der Waals surface area contributed by atoms with E-state index in [0.717, 1.165) is 0 Å². The number of rotatable bonds is 15. The minimum atomic E-state index is -0.500. The molecule has 21 heavy (non-hydrogen) atoms. The summed E-state index contributed by atoms with van der Waals surface area (Å²) in [6, 6.07) is 0. The molecule has 0 amide bonds. The molecular weight excluding hydrogens is 339 g/mol. The summed E-state index contributed by atoms with van der Waals surface area (Å²) in [6.07, 6.45) is 22.1. The zero-order valence-corrected chi connectivity index (χ0v) is 17.9. The van der Waals surface area contributed by atoms with Crippen LogP contribution in [-0.2, 0) is 0 Å². The van der Waals surface area contributed by atoms with Crippen LogP contribution in [0.1, 0.15) is 96.8 Å². The lowest BCUT2D eigenvalue weighted by molar-refractivity contribution is -0.00000477. The SMILES string of the molecule is CCCCCCCCCCCCCCCC[P+](C)(C)C.[Br-]. The molecule has 0 heterocycles. The van der Waals surface area contributed by atoms with Gasteiger partial charge in [-0.3, -0.25) is 0 Å². The van der Waals surface area contributed by atoms with Crippen molar-refractivity contribution in [2.75, 3.05) is 26.2 Å². The zero-order valence-electron chi connectivity index (χ0n) is 15.4. The van der Waals surface area contributed by atoms with Crippen LogP contribution in [0.25, 0.3) is 0 Å². The molecule has 0 aromatic carbocycles. The van der Waals surface area contributed by atoms with E-state index in [0.29, 0.717) is 0 Å². The second-order valence-corrected chi connectivity index (χ2v) is 12.6. The van der Waals surface area contributed by atoms with Crippen LogP contribution in [0.2, 0.25) is 0 Å². The molecule has 0 aromatic heterocycles. The highest BCUT2D eigenvalue weighted by Crippen LogP contribution is 2.47. The number of halogens is 1. The molecule has 0 N–H and O–H groups in total. The molecular formula is C19H42BrP. The van der Waals surface area contributed by atoms with Gasteiger partial charge in [-0.05, 0) is 12.8 Å². The predicted octanol–water partition coefficient (Wildman–Crippen LogP) is 4.38. The number of hydrogen-bond acceptors (Lipinski definition) is 0. The molecule has 0 fully saturated rings. The first-order valence-electron chi connectivity index (χ1n) is 9.36. The zero-order chi connectivity index (χ0) is 15.1. The maximum absolute atomic E-state index is 2.47. The minimum absolute atomic E-state index is 0. The molecule has 0 radical (unpaired) electrons. The molecule has 0 unspecified atom stereocenters. The van der Waals surface area contributed by atoms with Crippen molar-refractivity contribution in [3.05, 3.63) is 0 Å². The van der Waals surface area contributed by atoms with Crippen LogP contribution < -0.4 is 17.0 Å². The van der Waals surface area contributed by atoms with Crippen molar-refractivity contribution in [1.29, 1.82) is 0 Å². The summed E-state index contributed by atoms with van der Waals surface area (Å²) in [6.45, 7) is 9.70. The molecule has 0 bridgehead atoms. The minimum Gasteiger partial charge on any atom is -1.00 e. The van der Waals surface area contributed by atoms with Gasteiger partial charge in [-0.1, -0.05) is 84.0 Å². The van der Waals surface area contributed by atoms with Crippen molar-refractivity contribution in [2.45, 2.75) is 96.8 Å². The molecule has 0 aromatic rings. The lowest BCUT2D eigenvalue weighted by Gasteiger charge is -2.10. The molecule has 0 aliphatic carbocycles. The third-order valence-electron chi connectivity index (χ3n) is 4.18.